The first kappa shape index (κ1) is 30.2. The van der Waals surface area contributed by atoms with E-state index in [2.05, 4.69) is 10.6 Å². The van der Waals surface area contributed by atoms with E-state index < -0.39 is 29.7 Å². The molecule has 3 amide bonds. The number of hydrogen-bond acceptors (Lipinski definition) is 4. The second-order valence-electron chi connectivity index (χ2n) is 10.6. The van der Waals surface area contributed by atoms with Crippen LogP contribution in [0.4, 0.5) is 10.5 Å². The number of para-hydroxylation sites is 1. The molecule has 3 unspecified atom stereocenters. The van der Waals surface area contributed by atoms with Gasteiger partial charge in [0.05, 0.1) is 10.7 Å². The number of amides is 3. The molecule has 8 heteroatoms. The molecule has 2 rings (SSSR count). The Morgan fingerprint density at radius 3 is 2.14 bits per heavy atom. The number of hydrogen-bond donors (Lipinski definition) is 2. The molecule has 7 nitrogen and oxygen atoms in total. The van der Waals surface area contributed by atoms with Crippen LogP contribution < -0.4 is 10.6 Å². The van der Waals surface area contributed by atoms with E-state index in [-0.39, 0.29) is 17.9 Å². The van der Waals surface area contributed by atoms with Crippen molar-refractivity contribution in [3.8, 4) is 0 Å². The molecule has 0 aliphatic rings. The summed E-state index contributed by atoms with van der Waals surface area (Å²) in [4.78, 5) is 42.3. The second kappa shape index (κ2) is 13.0. The fourth-order valence-corrected chi connectivity index (χ4v) is 4.23. The summed E-state index contributed by atoms with van der Waals surface area (Å²) < 4.78 is 5.42. The Balaban J connectivity index is 2.55. The van der Waals surface area contributed by atoms with E-state index in [1.807, 2.05) is 77.1 Å². The molecule has 202 valence electrons. The Bertz CT molecular complexity index is 1060. The normalized spacial score (nSPS) is 13.9. The van der Waals surface area contributed by atoms with Crippen LogP contribution in [0.25, 0.3) is 0 Å². The van der Waals surface area contributed by atoms with Crippen molar-refractivity contribution in [1.82, 2.24) is 10.2 Å². The smallest absolute Gasteiger partial charge is 0.408 e. The van der Waals surface area contributed by atoms with Gasteiger partial charge in [-0.2, -0.15) is 0 Å². The minimum atomic E-state index is -0.957. The van der Waals surface area contributed by atoms with Crippen LogP contribution in [-0.4, -0.2) is 40.5 Å². The van der Waals surface area contributed by atoms with Crippen LogP contribution in [0, 0.1) is 12.8 Å². The Kier molecular flexibility index (Phi) is 10.6. The highest BCUT2D eigenvalue weighted by Crippen LogP contribution is 2.31. The highest BCUT2D eigenvalue weighted by atomic mass is 35.5. The molecule has 0 aliphatic carbocycles. The van der Waals surface area contributed by atoms with Gasteiger partial charge in [0.25, 0.3) is 5.91 Å². The monoisotopic (exact) mass is 529 g/mol. The lowest BCUT2D eigenvalue weighted by Crippen LogP contribution is -2.56. The van der Waals surface area contributed by atoms with E-state index in [4.69, 9.17) is 16.3 Å². The molecule has 2 aromatic rings. The maximum Gasteiger partial charge on any atom is 0.408 e. The zero-order valence-corrected chi connectivity index (χ0v) is 23.8. The molecule has 0 radical (unpaired) electrons. The molecule has 0 fully saturated rings. The first-order valence-corrected chi connectivity index (χ1v) is 13.1. The molecular formula is C29H40ClN3O4. The number of anilines is 1. The quantitative estimate of drug-likeness (QED) is 0.388. The Labute approximate surface area is 225 Å². The average Bonchev–Trinajstić information content (AvgIpc) is 2.81. The summed E-state index contributed by atoms with van der Waals surface area (Å²) in [7, 11) is 0. The molecular weight excluding hydrogens is 490 g/mol. The van der Waals surface area contributed by atoms with Gasteiger partial charge in [-0.1, -0.05) is 74.8 Å². The number of halogens is 1. The van der Waals surface area contributed by atoms with Crippen LogP contribution in [-0.2, 0) is 14.3 Å². The van der Waals surface area contributed by atoms with E-state index in [9.17, 15) is 14.4 Å². The SMILES string of the molecule is CCC(C)N(C(=O)C(NC(=O)OC(C)(C)C)C(C)C)C(C(=O)Nc1c(C)cccc1Cl)c1ccccc1. The Morgan fingerprint density at radius 2 is 1.62 bits per heavy atom. The number of nitrogens with one attached hydrogen (secondary N) is 2. The molecule has 0 aliphatic heterocycles. The minimum Gasteiger partial charge on any atom is -0.444 e. The van der Waals surface area contributed by atoms with Crippen molar-refractivity contribution in [1.29, 1.82) is 0 Å². The third kappa shape index (κ3) is 8.22. The van der Waals surface area contributed by atoms with Crippen molar-refractivity contribution in [3.05, 3.63) is 64.7 Å². The lowest BCUT2D eigenvalue weighted by Gasteiger charge is -2.39. The van der Waals surface area contributed by atoms with E-state index >= 15 is 0 Å². The predicted octanol–water partition coefficient (Wildman–Crippen LogP) is 6.50. The molecule has 0 saturated heterocycles. The van der Waals surface area contributed by atoms with Crippen LogP contribution in [0.3, 0.4) is 0 Å². The van der Waals surface area contributed by atoms with Crippen LogP contribution in [0.1, 0.15) is 72.1 Å². The van der Waals surface area contributed by atoms with Crippen molar-refractivity contribution in [2.75, 3.05) is 5.32 Å². The lowest BCUT2D eigenvalue weighted by atomic mass is 9.96. The molecule has 2 N–H and O–H groups in total. The van der Waals surface area contributed by atoms with Crippen molar-refractivity contribution < 1.29 is 19.1 Å². The molecule has 0 aromatic heterocycles. The Hall–Kier alpha value is -3.06. The number of benzene rings is 2. The van der Waals surface area contributed by atoms with Crippen molar-refractivity contribution in [2.45, 2.75) is 85.5 Å². The van der Waals surface area contributed by atoms with Gasteiger partial charge in [-0.15, -0.1) is 0 Å². The predicted molar refractivity (Wildman–Crippen MR) is 149 cm³/mol. The van der Waals surface area contributed by atoms with Gasteiger partial charge in [0.15, 0.2) is 0 Å². The van der Waals surface area contributed by atoms with Gasteiger partial charge in [-0.05, 0) is 64.2 Å². The number of ether oxygens (including phenoxy) is 1. The third-order valence-corrected chi connectivity index (χ3v) is 6.35. The summed E-state index contributed by atoms with van der Waals surface area (Å²) >= 11 is 6.40. The summed E-state index contributed by atoms with van der Waals surface area (Å²) in [6.07, 6.45) is -0.0823. The zero-order chi connectivity index (χ0) is 27.9. The summed E-state index contributed by atoms with van der Waals surface area (Å²) in [6.45, 7) is 14.7. The van der Waals surface area contributed by atoms with Crippen LogP contribution in [0.2, 0.25) is 5.02 Å². The van der Waals surface area contributed by atoms with E-state index in [1.165, 1.54) is 0 Å². The van der Waals surface area contributed by atoms with Crippen LogP contribution in [0.5, 0.6) is 0 Å². The minimum absolute atomic E-state index is 0.253. The zero-order valence-electron chi connectivity index (χ0n) is 23.1. The van der Waals surface area contributed by atoms with Crippen molar-refractivity contribution in [2.24, 2.45) is 5.92 Å². The molecule has 37 heavy (non-hydrogen) atoms. The first-order chi connectivity index (χ1) is 17.3. The van der Waals surface area contributed by atoms with Gasteiger partial charge in [0.2, 0.25) is 5.91 Å². The molecule has 2 aromatic carbocycles. The molecule has 0 heterocycles. The molecule has 0 bridgehead atoms. The summed E-state index contributed by atoms with van der Waals surface area (Å²) in [5.41, 5.74) is 1.24. The highest BCUT2D eigenvalue weighted by Gasteiger charge is 2.39. The van der Waals surface area contributed by atoms with Gasteiger partial charge in [-0.3, -0.25) is 9.59 Å². The maximum absolute atomic E-state index is 14.1. The second-order valence-corrected chi connectivity index (χ2v) is 11.0. The fourth-order valence-electron chi connectivity index (χ4n) is 3.96. The summed E-state index contributed by atoms with van der Waals surface area (Å²) in [6, 6.07) is 12.4. The highest BCUT2D eigenvalue weighted by molar-refractivity contribution is 6.34. The van der Waals surface area contributed by atoms with E-state index in [1.54, 1.807) is 31.7 Å². The molecule has 0 spiro atoms. The Morgan fingerprint density at radius 1 is 1.00 bits per heavy atom. The van der Waals surface area contributed by atoms with Crippen LogP contribution >= 0.6 is 11.6 Å². The van der Waals surface area contributed by atoms with Gasteiger partial charge in [-0.25, -0.2) is 4.79 Å². The fraction of sp³-hybridized carbons (Fsp3) is 0.483. The number of alkyl carbamates (subject to hydrolysis) is 1. The number of rotatable bonds is 9. The average molecular weight is 530 g/mol. The van der Waals surface area contributed by atoms with Gasteiger partial charge < -0.3 is 20.3 Å². The topological polar surface area (TPSA) is 87.7 Å². The lowest BCUT2D eigenvalue weighted by molar-refractivity contribution is -0.144. The summed E-state index contributed by atoms with van der Waals surface area (Å²) in [5.74, 6) is -1.01. The third-order valence-electron chi connectivity index (χ3n) is 6.04. The standard InChI is InChI=1S/C29H40ClN3O4/c1-9-20(5)33(27(35)23(18(2)3)32-28(36)37-29(6,7)8)25(21-15-11-10-12-16-21)26(34)31-24-19(4)14-13-17-22(24)30/h10-18,20,23,25H,9H2,1-8H3,(H,31,34)(H,32,36). The van der Waals surface area contributed by atoms with Gasteiger partial charge >= 0.3 is 6.09 Å². The summed E-state index contributed by atoms with van der Waals surface area (Å²) in [5, 5.41) is 6.11. The largest absolute Gasteiger partial charge is 0.444 e. The maximum atomic E-state index is 14.1. The van der Waals surface area contributed by atoms with Crippen molar-refractivity contribution >= 4 is 35.2 Å². The van der Waals surface area contributed by atoms with Crippen LogP contribution in [0.15, 0.2) is 48.5 Å². The van der Waals surface area contributed by atoms with Gasteiger partial charge in [0.1, 0.15) is 17.7 Å². The molecule has 0 saturated carbocycles. The number of nitrogens with zero attached hydrogens (tertiary/aromatic N) is 1. The van der Waals surface area contributed by atoms with E-state index in [0.717, 1.165) is 5.56 Å². The van der Waals surface area contributed by atoms with Gasteiger partial charge in [0, 0.05) is 6.04 Å². The number of carbonyl (C=O) groups is 3. The number of carbonyl (C=O) groups excluding carboxylic acids is 3. The number of aryl methyl sites for hydroxylation is 1. The molecule has 3 atom stereocenters. The first-order valence-electron chi connectivity index (χ1n) is 12.7. The van der Waals surface area contributed by atoms with E-state index in [0.29, 0.717) is 22.7 Å². The van der Waals surface area contributed by atoms with Crippen molar-refractivity contribution in [3.63, 3.8) is 0 Å².